The first-order valence-corrected chi connectivity index (χ1v) is 6.95. The Balaban J connectivity index is 1.91. The molecule has 2 aliphatic rings. The summed E-state index contributed by atoms with van der Waals surface area (Å²) in [5.74, 6) is -1.10. The number of carboxylic acid groups (broad SMARTS) is 1. The van der Waals surface area contributed by atoms with Crippen molar-refractivity contribution in [3.63, 3.8) is 0 Å². The monoisotopic (exact) mass is 270 g/mol. The summed E-state index contributed by atoms with van der Waals surface area (Å²) in [7, 11) is 0. The van der Waals surface area contributed by atoms with Gasteiger partial charge in [0, 0.05) is 25.7 Å². The van der Waals surface area contributed by atoms with Gasteiger partial charge in [0.1, 0.15) is 0 Å². The first kappa shape index (κ1) is 14.1. The van der Waals surface area contributed by atoms with Crippen LogP contribution in [0, 0.1) is 5.92 Å². The molecule has 0 radical (unpaired) electrons. The minimum absolute atomic E-state index is 0.0109. The molecule has 2 unspecified atom stereocenters. The molecule has 0 aromatic carbocycles. The number of piperidine rings is 2. The van der Waals surface area contributed by atoms with Gasteiger partial charge in [0.15, 0.2) is 0 Å². The van der Waals surface area contributed by atoms with Crippen molar-refractivity contribution >= 4 is 12.0 Å². The smallest absolute Gasteiger partial charge is 0.320 e. The fourth-order valence-electron chi connectivity index (χ4n) is 2.92. The van der Waals surface area contributed by atoms with Crippen LogP contribution in [0.15, 0.2) is 0 Å². The number of hydrogen-bond acceptors (Lipinski definition) is 3. The van der Waals surface area contributed by atoms with Crippen LogP contribution >= 0.6 is 0 Å². The van der Waals surface area contributed by atoms with Gasteiger partial charge in [0.25, 0.3) is 0 Å². The minimum Gasteiger partial charge on any atom is -0.481 e. The van der Waals surface area contributed by atoms with Crippen molar-refractivity contribution in [1.29, 1.82) is 0 Å². The number of rotatable bonds is 1. The third kappa shape index (κ3) is 3.18. The lowest BCUT2D eigenvalue weighted by Crippen LogP contribution is -2.53. The summed E-state index contributed by atoms with van der Waals surface area (Å²) >= 11 is 0. The summed E-state index contributed by atoms with van der Waals surface area (Å²) in [6, 6.07) is -0.0440. The third-order valence-electron chi connectivity index (χ3n) is 4.21. The molecule has 0 saturated carbocycles. The molecule has 2 atom stereocenters. The van der Waals surface area contributed by atoms with Crippen molar-refractivity contribution in [3.8, 4) is 0 Å². The average Bonchev–Trinajstić information content (AvgIpc) is 2.38. The predicted octanol–water partition coefficient (Wildman–Crippen LogP) is 0.748. The second kappa shape index (κ2) is 5.77. The molecule has 0 aliphatic carbocycles. The number of carbonyl (C=O) groups excluding carboxylic acids is 1. The van der Waals surface area contributed by atoms with Crippen LogP contribution in [0.3, 0.4) is 0 Å². The van der Waals surface area contributed by atoms with Crippen molar-refractivity contribution in [3.05, 3.63) is 0 Å². The number of nitrogens with zero attached hydrogens (tertiary/aromatic N) is 2. The number of likely N-dealkylation sites (tertiary alicyclic amines) is 2. The Morgan fingerprint density at radius 2 is 1.74 bits per heavy atom. The van der Waals surface area contributed by atoms with Gasteiger partial charge in [-0.3, -0.25) is 4.79 Å². The van der Waals surface area contributed by atoms with Crippen molar-refractivity contribution in [2.45, 2.75) is 44.8 Å². The maximum absolute atomic E-state index is 12.4. The average molecular weight is 270 g/mol. The Hall–Kier alpha value is -1.30. The quantitative estimate of drug-likeness (QED) is 0.736. The topological polar surface area (TPSA) is 81.1 Å². The normalized spacial score (nSPS) is 29.4. The summed E-state index contributed by atoms with van der Waals surface area (Å²) < 4.78 is 0. The van der Waals surface area contributed by atoms with E-state index in [0.717, 1.165) is 0 Å². The van der Waals surface area contributed by atoms with E-state index in [9.17, 15) is 14.7 Å². The number of aliphatic hydroxyl groups excluding tert-OH is 1. The van der Waals surface area contributed by atoms with Gasteiger partial charge in [0.05, 0.1) is 12.0 Å². The van der Waals surface area contributed by atoms with Crippen LogP contribution in [0.5, 0.6) is 0 Å². The highest BCUT2D eigenvalue weighted by Crippen LogP contribution is 2.25. The van der Waals surface area contributed by atoms with Gasteiger partial charge in [-0.1, -0.05) is 0 Å². The standard InChI is InChI=1S/C13H22N2O4/c1-9-8-10(12(17)18)2-7-15(9)13(19)14-5-3-11(16)4-6-14/h9-11,16H,2-8H2,1H3,(H,17,18). The molecule has 2 N–H and O–H groups in total. The molecule has 2 aliphatic heterocycles. The number of urea groups is 1. The number of carboxylic acids is 1. The second-order valence-electron chi connectivity index (χ2n) is 5.60. The van der Waals surface area contributed by atoms with E-state index in [0.29, 0.717) is 45.3 Å². The maximum atomic E-state index is 12.4. The van der Waals surface area contributed by atoms with E-state index in [4.69, 9.17) is 5.11 Å². The number of hydrogen-bond donors (Lipinski definition) is 2. The maximum Gasteiger partial charge on any atom is 0.320 e. The zero-order valence-corrected chi connectivity index (χ0v) is 11.3. The Labute approximate surface area is 113 Å². The van der Waals surface area contributed by atoms with Crippen LogP contribution < -0.4 is 0 Å². The molecule has 6 heteroatoms. The zero-order chi connectivity index (χ0) is 14.0. The molecule has 2 rings (SSSR count). The van der Waals surface area contributed by atoms with E-state index < -0.39 is 5.97 Å². The SMILES string of the molecule is CC1CC(C(=O)O)CCN1C(=O)N1CCC(O)CC1. The number of carbonyl (C=O) groups is 2. The van der Waals surface area contributed by atoms with Crippen molar-refractivity contribution in [2.75, 3.05) is 19.6 Å². The zero-order valence-electron chi connectivity index (χ0n) is 11.3. The summed E-state index contributed by atoms with van der Waals surface area (Å²) in [4.78, 5) is 26.9. The number of amides is 2. The molecule has 0 aromatic rings. The molecule has 0 aromatic heterocycles. The Kier molecular flexibility index (Phi) is 4.29. The molecule has 0 bridgehead atoms. The summed E-state index contributed by atoms with van der Waals surface area (Å²) in [5.41, 5.74) is 0. The van der Waals surface area contributed by atoms with Crippen LogP contribution in [0.2, 0.25) is 0 Å². The number of aliphatic carboxylic acids is 1. The molecular weight excluding hydrogens is 248 g/mol. The largest absolute Gasteiger partial charge is 0.481 e. The van der Waals surface area contributed by atoms with Crippen LogP contribution in [0.4, 0.5) is 4.79 Å². The van der Waals surface area contributed by atoms with Crippen LogP contribution in [0.1, 0.15) is 32.6 Å². The minimum atomic E-state index is -0.764. The lowest BCUT2D eigenvalue weighted by atomic mass is 9.92. The Morgan fingerprint density at radius 3 is 2.26 bits per heavy atom. The molecule has 2 fully saturated rings. The first-order valence-electron chi connectivity index (χ1n) is 6.95. The second-order valence-corrected chi connectivity index (χ2v) is 5.60. The highest BCUT2D eigenvalue weighted by Gasteiger charge is 2.34. The lowest BCUT2D eigenvalue weighted by molar-refractivity contribution is -0.143. The van der Waals surface area contributed by atoms with Gasteiger partial charge >= 0.3 is 12.0 Å². The van der Waals surface area contributed by atoms with Gasteiger partial charge in [0.2, 0.25) is 0 Å². The van der Waals surface area contributed by atoms with Crippen molar-refractivity contribution in [2.24, 2.45) is 5.92 Å². The first-order chi connectivity index (χ1) is 8.99. The fourth-order valence-corrected chi connectivity index (χ4v) is 2.92. The lowest BCUT2D eigenvalue weighted by Gasteiger charge is -2.40. The highest BCUT2D eigenvalue weighted by atomic mass is 16.4. The van der Waals surface area contributed by atoms with E-state index >= 15 is 0 Å². The van der Waals surface area contributed by atoms with Gasteiger partial charge in [-0.15, -0.1) is 0 Å². The molecule has 0 spiro atoms. The molecule has 2 heterocycles. The molecule has 19 heavy (non-hydrogen) atoms. The van der Waals surface area contributed by atoms with Gasteiger partial charge < -0.3 is 20.0 Å². The fraction of sp³-hybridized carbons (Fsp3) is 0.846. The van der Waals surface area contributed by atoms with E-state index in [1.54, 1.807) is 9.80 Å². The highest BCUT2D eigenvalue weighted by molar-refractivity contribution is 5.76. The molecular formula is C13H22N2O4. The third-order valence-corrected chi connectivity index (χ3v) is 4.21. The Bertz CT molecular complexity index is 353. The summed E-state index contributed by atoms with van der Waals surface area (Å²) in [6.07, 6.45) is 2.02. The molecule has 108 valence electrons. The Morgan fingerprint density at radius 1 is 1.11 bits per heavy atom. The molecule has 2 amide bonds. The van der Waals surface area contributed by atoms with Crippen LogP contribution in [-0.4, -0.2) is 63.8 Å². The summed E-state index contributed by atoms with van der Waals surface area (Å²) in [5, 5.41) is 18.5. The van der Waals surface area contributed by atoms with E-state index in [1.165, 1.54) is 0 Å². The molecule has 6 nitrogen and oxygen atoms in total. The van der Waals surface area contributed by atoms with Gasteiger partial charge in [-0.2, -0.15) is 0 Å². The van der Waals surface area contributed by atoms with Crippen molar-refractivity contribution in [1.82, 2.24) is 9.80 Å². The van der Waals surface area contributed by atoms with Gasteiger partial charge in [-0.05, 0) is 32.6 Å². The van der Waals surface area contributed by atoms with E-state index in [-0.39, 0.29) is 24.1 Å². The molecule has 2 saturated heterocycles. The summed E-state index contributed by atoms with van der Waals surface area (Å²) in [6.45, 7) is 3.60. The van der Waals surface area contributed by atoms with Crippen LogP contribution in [-0.2, 0) is 4.79 Å². The van der Waals surface area contributed by atoms with Crippen molar-refractivity contribution < 1.29 is 19.8 Å². The van der Waals surface area contributed by atoms with Crippen LogP contribution in [0.25, 0.3) is 0 Å². The predicted molar refractivity (Wildman–Crippen MR) is 68.7 cm³/mol. The number of aliphatic hydroxyl groups is 1. The van der Waals surface area contributed by atoms with Gasteiger partial charge in [-0.25, -0.2) is 4.79 Å². The van der Waals surface area contributed by atoms with E-state index in [1.807, 2.05) is 6.92 Å². The van der Waals surface area contributed by atoms with E-state index in [2.05, 4.69) is 0 Å².